The molecule has 0 radical (unpaired) electrons. The van der Waals surface area contributed by atoms with Crippen LogP contribution in [0, 0.1) is 0 Å². The molecular weight excluding hydrogens is 358 g/mol. The predicted molar refractivity (Wildman–Crippen MR) is 109 cm³/mol. The fourth-order valence-corrected chi connectivity index (χ4v) is 3.50. The minimum Gasteiger partial charge on any atom is -0.491 e. The van der Waals surface area contributed by atoms with Gasteiger partial charge in [-0.25, -0.2) is 0 Å². The van der Waals surface area contributed by atoms with Crippen molar-refractivity contribution in [1.82, 2.24) is 14.8 Å². The summed E-state index contributed by atoms with van der Waals surface area (Å²) in [6, 6.07) is 18.3. The van der Waals surface area contributed by atoms with E-state index < -0.39 is 0 Å². The van der Waals surface area contributed by atoms with E-state index in [0.717, 1.165) is 35.3 Å². The van der Waals surface area contributed by atoms with Crippen molar-refractivity contribution < 1.29 is 9.84 Å². The summed E-state index contributed by atoms with van der Waals surface area (Å²) < 4.78 is 7.78. The molecule has 1 heterocycles. The number of hydrogen-bond donors (Lipinski definition) is 1. The maximum absolute atomic E-state index is 9.14. The molecule has 0 aliphatic carbocycles. The van der Waals surface area contributed by atoms with Gasteiger partial charge in [-0.2, -0.15) is 0 Å². The zero-order valence-electron chi connectivity index (χ0n) is 15.7. The number of hydrogen-bond acceptors (Lipinski definition) is 5. The fourth-order valence-electron chi connectivity index (χ4n) is 2.79. The molecule has 0 bridgehead atoms. The highest BCUT2D eigenvalue weighted by molar-refractivity contribution is 7.99. The highest BCUT2D eigenvalue weighted by atomic mass is 32.2. The quantitative estimate of drug-likeness (QED) is 0.568. The van der Waals surface area contributed by atoms with Crippen molar-refractivity contribution in [2.75, 3.05) is 12.4 Å². The minimum absolute atomic E-state index is 0.118. The van der Waals surface area contributed by atoms with E-state index in [1.54, 1.807) is 0 Å². The first-order valence-corrected chi connectivity index (χ1v) is 10.1. The Kier molecular flexibility index (Phi) is 6.90. The van der Waals surface area contributed by atoms with Crippen molar-refractivity contribution in [3.63, 3.8) is 0 Å². The van der Waals surface area contributed by atoms with Crippen molar-refractivity contribution >= 4 is 11.8 Å². The first kappa shape index (κ1) is 19.5. The second kappa shape index (κ2) is 9.58. The minimum atomic E-state index is 0.118. The number of aliphatic hydroxyl groups is 1. The summed E-state index contributed by atoms with van der Waals surface area (Å²) in [7, 11) is 0. The van der Waals surface area contributed by atoms with E-state index in [1.165, 1.54) is 17.3 Å². The van der Waals surface area contributed by atoms with Crippen molar-refractivity contribution in [2.45, 2.75) is 37.9 Å². The number of para-hydroxylation sites is 1. The molecule has 0 spiro atoms. The Morgan fingerprint density at radius 2 is 1.74 bits per heavy atom. The van der Waals surface area contributed by atoms with E-state index in [-0.39, 0.29) is 12.7 Å². The van der Waals surface area contributed by atoms with Crippen LogP contribution in [0.1, 0.15) is 25.2 Å². The van der Waals surface area contributed by atoms with E-state index in [2.05, 4.69) is 26.9 Å². The standard InChI is InChI=1S/C21H25N3O2S/c1-16(2)26-19-11-8-17(9-12-19)10-13-20-22-23-21(27-15-14-25)24(20)18-6-4-3-5-7-18/h3-9,11-12,16,25H,10,13-15H2,1-2H3. The van der Waals surface area contributed by atoms with Gasteiger partial charge in [0.1, 0.15) is 11.6 Å². The average molecular weight is 384 g/mol. The van der Waals surface area contributed by atoms with Crippen LogP contribution in [-0.4, -0.2) is 38.3 Å². The molecule has 142 valence electrons. The summed E-state index contributed by atoms with van der Waals surface area (Å²) in [5.41, 5.74) is 2.27. The Labute approximate surface area is 164 Å². The molecule has 1 N–H and O–H groups in total. The number of ether oxygens (including phenoxy) is 1. The number of benzene rings is 2. The summed E-state index contributed by atoms with van der Waals surface area (Å²) in [6.07, 6.45) is 1.83. The molecule has 0 fully saturated rings. The summed E-state index contributed by atoms with van der Waals surface area (Å²) in [5.74, 6) is 2.41. The molecule has 5 nitrogen and oxygen atoms in total. The SMILES string of the molecule is CC(C)Oc1ccc(CCc2nnc(SCCO)n2-c2ccccc2)cc1. The lowest BCUT2D eigenvalue weighted by Crippen LogP contribution is -2.06. The molecule has 6 heteroatoms. The second-order valence-electron chi connectivity index (χ2n) is 6.45. The molecule has 3 rings (SSSR count). The molecule has 0 unspecified atom stereocenters. The zero-order valence-corrected chi connectivity index (χ0v) is 16.5. The van der Waals surface area contributed by atoms with Crippen LogP contribution >= 0.6 is 11.8 Å². The topological polar surface area (TPSA) is 60.2 Å². The third-order valence-electron chi connectivity index (χ3n) is 3.97. The molecule has 1 aromatic heterocycles. The van der Waals surface area contributed by atoms with Crippen LogP contribution in [0.4, 0.5) is 0 Å². The smallest absolute Gasteiger partial charge is 0.195 e. The number of thioether (sulfide) groups is 1. The Morgan fingerprint density at radius 3 is 2.41 bits per heavy atom. The third-order valence-corrected chi connectivity index (χ3v) is 4.88. The molecule has 3 aromatic rings. The Bertz CT molecular complexity index is 832. The molecule has 27 heavy (non-hydrogen) atoms. The Balaban J connectivity index is 1.75. The van der Waals surface area contributed by atoms with E-state index in [4.69, 9.17) is 9.84 Å². The van der Waals surface area contributed by atoms with Gasteiger partial charge in [-0.3, -0.25) is 4.57 Å². The largest absolute Gasteiger partial charge is 0.491 e. The van der Waals surface area contributed by atoms with Gasteiger partial charge in [0.25, 0.3) is 0 Å². The second-order valence-corrected chi connectivity index (χ2v) is 7.51. The van der Waals surface area contributed by atoms with Gasteiger partial charge in [0.2, 0.25) is 0 Å². The highest BCUT2D eigenvalue weighted by Gasteiger charge is 2.14. The lowest BCUT2D eigenvalue weighted by Gasteiger charge is -2.11. The zero-order chi connectivity index (χ0) is 19.1. The molecule has 0 saturated heterocycles. The van der Waals surface area contributed by atoms with Crippen LogP contribution in [0.25, 0.3) is 5.69 Å². The monoisotopic (exact) mass is 383 g/mol. The summed E-state index contributed by atoms with van der Waals surface area (Å²) in [5, 5.41) is 18.7. The lowest BCUT2D eigenvalue weighted by atomic mass is 10.1. The van der Waals surface area contributed by atoms with E-state index in [1.807, 2.05) is 56.3 Å². The van der Waals surface area contributed by atoms with Gasteiger partial charge in [-0.15, -0.1) is 10.2 Å². The normalized spacial score (nSPS) is 11.1. The number of rotatable bonds is 9. The number of aromatic nitrogens is 3. The maximum Gasteiger partial charge on any atom is 0.195 e. The first-order valence-electron chi connectivity index (χ1n) is 9.16. The molecular formula is C21H25N3O2S. The number of aryl methyl sites for hydroxylation is 2. The number of aliphatic hydroxyl groups excluding tert-OH is 1. The van der Waals surface area contributed by atoms with Gasteiger partial charge >= 0.3 is 0 Å². The lowest BCUT2D eigenvalue weighted by molar-refractivity contribution is 0.242. The first-order chi connectivity index (χ1) is 13.2. The van der Waals surface area contributed by atoms with Crippen LogP contribution in [0.15, 0.2) is 59.8 Å². The van der Waals surface area contributed by atoms with Gasteiger partial charge in [0.05, 0.1) is 12.7 Å². The van der Waals surface area contributed by atoms with Gasteiger partial charge in [0, 0.05) is 17.9 Å². The van der Waals surface area contributed by atoms with Gasteiger partial charge in [-0.1, -0.05) is 42.1 Å². The third kappa shape index (κ3) is 5.34. The Hall–Kier alpha value is -2.31. The van der Waals surface area contributed by atoms with Crippen molar-refractivity contribution in [1.29, 1.82) is 0 Å². The molecule has 0 aliphatic heterocycles. The van der Waals surface area contributed by atoms with Crippen LogP contribution in [0.5, 0.6) is 5.75 Å². The molecule has 0 amide bonds. The fraction of sp³-hybridized carbons (Fsp3) is 0.333. The average Bonchev–Trinajstić information content (AvgIpc) is 3.09. The van der Waals surface area contributed by atoms with Crippen molar-refractivity contribution in [2.24, 2.45) is 0 Å². The number of nitrogens with zero attached hydrogens (tertiary/aromatic N) is 3. The predicted octanol–water partition coefficient (Wildman–Crippen LogP) is 3.92. The molecule has 0 saturated carbocycles. The van der Waals surface area contributed by atoms with Crippen LogP contribution < -0.4 is 4.74 Å². The Morgan fingerprint density at radius 1 is 1.00 bits per heavy atom. The van der Waals surface area contributed by atoms with E-state index in [9.17, 15) is 0 Å². The van der Waals surface area contributed by atoms with Crippen molar-refractivity contribution in [3.05, 3.63) is 66.0 Å². The van der Waals surface area contributed by atoms with Gasteiger partial charge < -0.3 is 9.84 Å². The summed E-state index contributed by atoms with van der Waals surface area (Å²) in [4.78, 5) is 0. The maximum atomic E-state index is 9.14. The van der Waals surface area contributed by atoms with Crippen LogP contribution in [0.2, 0.25) is 0 Å². The highest BCUT2D eigenvalue weighted by Crippen LogP contribution is 2.23. The van der Waals surface area contributed by atoms with Gasteiger partial charge in [0.15, 0.2) is 5.16 Å². The molecule has 0 aliphatic rings. The summed E-state index contributed by atoms with van der Waals surface area (Å²) in [6.45, 7) is 4.17. The molecule has 2 aromatic carbocycles. The van der Waals surface area contributed by atoms with Crippen LogP contribution in [-0.2, 0) is 12.8 Å². The van der Waals surface area contributed by atoms with E-state index in [0.29, 0.717) is 5.75 Å². The van der Waals surface area contributed by atoms with E-state index >= 15 is 0 Å². The van der Waals surface area contributed by atoms with Crippen molar-refractivity contribution in [3.8, 4) is 11.4 Å². The molecule has 0 atom stereocenters. The summed E-state index contributed by atoms with van der Waals surface area (Å²) >= 11 is 1.51. The van der Waals surface area contributed by atoms with Gasteiger partial charge in [-0.05, 0) is 50.1 Å². The van der Waals surface area contributed by atoms with Crippen LogP contribution in [0.3, 0.4) is 0 Å².